The summed E-state index contributed by atoms with van der Waals surface area (Å²) in [5.41, 5.74) is 0. The van der Waals surface area contributed by atoms with Crippen LogP contribution in [0.15, 0.2) is 0 Å². The maximum atomic E-state index is 11.6. The van der Waals surface area contributed by atoms with Crippen LogP contribution in [0.3, 0.4) is 0 Å². The van der Waals surface area contributed by atoms with E-state index in [1.165, 1.54) is 11.8 Å². The van der Waals surface area contributed by atoms with E-state index in [1.807, 2.05) is 19.9 Å². The molecule has 0 radical (unpaired) electrons. The Bertz CT molecular complexity index is 296. The zero-order chi connectivity index (χ0) is 12.7. The van der Waals surface area contributed by atoms with Gasteiger partial charge in [-0.1, -0.05) is 0 Å². The second-order valence-corrected chi connectivity index (χ2v) is 3.70. The first-order valence-corrected chi connectivity index (χ1v) is 5.07. The largest absolute Gasteiger partial charge is 0.480 e. The SMILES string of the molecule is CC(NC(=O)N(CCC#N)C(C)C)C(=O)O. The Morgan fingerprint density at radius 1 is 1.44 bits per heavy atom. The van der Waals surface area contributed by atoms with E-state index in [4.69, 9.17) is 10.4 Å². The first-order valence-electron chi connectivity index (χ1n) is 5.07. The summed E-state index contributed by atoms with van der Waals surface area (Å²) in [6.07, 6.45) is 0.229. The molecule has 0 fully saturated rings. The number of carboxylic acids is 1. The summed E-state index contributed by atoms with van der Waals surface area (Å²) in [7, 11) is 0. The van der Waals surface area contributed by atoms with Crippen molar-refractivity contribution in [2.45, 2.75) is 39.3 Å². The van der Waals surface area contributed by atoms with Gasteiger partial charge in [0.05, 0.1) is 12.5 Å². The first-order chi connectivity index (χ1) is 7.40. The van der Waals surface area contributed by atoms with E-state index in [0.717, 1.165) is 0 Å². The molecule has 0 aromatic rings. The Hall–Kier alpha value is -1.77. The van der Waals surface area contributed by atoms with E-state index in [2.05, 4.69) is 5.32 Å². The Morgan fingerprint density at radius 2 is 2.00 bits per heavy atom. The fourth-order valence-corrected chi connectivity index (χ4v) is 1.09. The van der Waals surface area contributed by atoms with Crippen molar-refractivity contribution < 1.29 is 14.7 Å². The molecule has 90 valence electrons. The summed E-state index contributed by atoms with van der Waals surface area (Å²) in [5, 5.41) is 19.4. The molecule has 2 amide bonds. The Balaban J connectivity index is 4.39. The highest BCUT2D eigenvalue weighted by molar-refractivity contribution is 5.82. The van der Waals surface area contributed by atoms with Crippen molar-refractivity contribution in [2.24, 2.45) is 0 Å². The monoisotopic (exact) mass is 227 g/mol. The molecule has 6 heteroatoms. The Kier molecular flexibility index (Phi) is 5.93. The van der Waals surface area contributed by atoms with Crippen molar-refractivity contribution >= 4 is 12.0 Å². The normalized spacial score (nSPS) is 11.7. The van der Waals surface area contributed by atoms with Crippen molar-refractivity contribution in [1.29, 1.82) is 5.26 Å². The van der Waals surface area contributed by atoms with Gasteiger partial charge in [-0.3, -0.25) is 4.79 Å². The van der Waals surface area contributed by atoms with Crippen molar-refractivity contribution in [1.82, 2.24) is 10.2 Å². The second-order valence-electron chi connectivity index (χ2n) is 3.70. The third-order valence-electron chi connectivity index (χ3n) is 2.06. The molecular formula is C10H17N3O3. The van der Waals surface area contributed by atoms with Gasteiger partial charge in [-0.2, -0.15) is 5.26 Å². The standard InChI is InChI=1S/C10H17N3O3/c1-7(2)13(6-4-5-11)10(16)12-8(3)9(14)15/h7-8H,4,6H2,1-3H3,(H,12,16)(H,14,15). The summed E-state index contributed by atoms with van der Waals surface area (Å²) in [5.74, 6) is -1.09. The predicted octanol–water partition coefficient (Wildman–Crippen LogP) is 0.793. The lowest BCUT2D eigenvalue weighted by atomic mass is 10.3. The van der Waals surface area contributed by atoms with Crippen LogP contribution < -0.4 is 5.32 Å². The molecule has 16 heavy (non-hydrogen) atoms. The quantitative estimate of drug-likeness (QED) is 0.726. The molecule has 1 unspecified atom stereocenters. The highest BCUT2D eigenvalue weighted by Crippen LogP contribution is 2.01. The van der Waals surface area contributed by atoms with Crippen LogP contribution in [0, 0.1) is 11.3 Å². The van der Waals surface area contributed by atoms with E-state index >= 15 is 0 Å². The Morgan fingerprint density at radius 3 is 2.38 bits per heavy atom. The van der Waals surface area contributed by atoms with Gasteiger partial charge in [0.25, 0.3) is 0 Å². The van der Waals surface area contributed by atoms with Crippen LogP contribution in [-0.4, -0.2) is 40.6 Å². The van der Waals surface area contributed by atoms with Crippen LogP contribution in [0.1, 0.15) is 27.2 Å². The van der Waals surface area contributed by atoms with Crippen LogP contribution in [0.25, 0.3) is 0 Å². The fourth-order valence-electron chi connectivity index (χ4n) is 1.09. The number of rotatable bonds is 5. The third-order valence-corrected chi connectivity index (χ3v) is 2.06. The summed E-state index contributed by atoms with van der Waals surface area (Å²) in [4.78, 5) is 23.6. The van der Waals surface area contributed by atoms with Crippen molar-refractivity contribution in [3.05, 3.63) is 0 Å². The van der Waals surface area contributed by atoms with E-state index in [0.29, 0.717) is 6.54 Å². The predicted molar refractivity (Wildman–Crippen MR) is 57.7 cm³/mol. The minimum absolute atomic E-state index is 0.0747. The molecule has 0 spiro atoms. The number of nitrogens with zero attached hydrogens (tertiary/aromatic N) is 2. The number of amides is 2. The fraction of sp³-hybridized carbons (Fsp3) is 0.700. The number of hydrogen-bond donors (Lipinski definition) is 2. The van der Waals surface area contributed by atoms with Crippen molar-refractivity contribution in [3.63, 3.8) is 0 Å². The van der Waals surface area contributed by atoms with Gasteiger partial charge < -0.3 is 15.3 Å². The lowest BCUT2D eigenvalue weighted by Crippen LogP contribution is -2.49. The number of carbonyl (C=O) groups excluding carboxylic acids is 1. The van der Waals surface area contributed by atoms with Crippen LogP contribution in [0.2, 0.25) is 0 Å². The summed E-state index contributed by atoms with van der Waals surface area (Å²) in [6, 6.07) is 0.479. The molecule has 6 nitrogen and oxygen atoms in total. The molecule has 0 aliphatic carbocycles. The highest BCUT2D eigenvalue weighted by atomic mass is 16.4. The molecule has 2 N–H and O–H groups in total. The molecule has 0 heterocycles. The zero-order valence-electron chi connectivity index (χ0n) is 9.73. The third kappa shape index (κ3) is 4.64. The smallest absolute Gasteiger partial charge is 0.325 e. The van der Waals surface area contributed by atoms with Gasteiger partial charge >= 0.3 is 12.0 Å². The number of nitrogens with one attached hydrogen (secondary N) is 1. The van der Waals surface area contributed by atoms with Crippen LogP contribution in [-0.2, 0) is 4.79 Å². The molecule has 0 saturated carbocycles. The minimum atomic E-state index is -1.09. The summed E-state index contributed by atoms with van der Waals surface area (Å²) in [6.45, 7) is 5.31. The molecule has 0 aliphatic heterocycles. The van der Waals surface area contributed by atoms with Gasteiger partial charge in [0.15, 0.2) is 0 Å². The number of urea groups is 1. The van der Waals surface area contributed by atoms with Gasteiger partial charge in [0, 0.05) is 12.6 Å². The van der Waals surface area contributed by atoms with Gasteiger partial charge in [-0.05, 0) is 20.8 Å². The lowest BCUT2D eigenvalue weighted by molar-refractivity contribution is -0.138. The highest BCUT2D eigenvalue weighted by Gasteiger charge is 2.20. The number of carbonyl (C=O) groups is 2. The second kappa shape index (κ2) is 6.67. The van der Waals surface area contributed by atoms with E-state index in [1.54, 1.807) is 0 Å². The van der Waals surface area contributed by atoms with Crippen LogP contribution in [0.4, 0.5) is 4.79 Å². The van der Waals surface area contributed by atoms with E-state index in [-0.39, 0.29) is 12.5 Å². The Labute approximate surface area is 94.8 Å². The summed E-state index contributed by atoms with van der Waals surface area (Å²) >= 11 is 0. The number of hydrogen-bond acceptors (Lipinski definition) is 3. The molecular weight excluding hydrogens is 210 g/mol. The maximum absolute atomic E-state index is 11.6. The van der Waals surface area contributed by atoms with Gasteiger partial charge in [-0.15, -0.1) is 0 Å². The van der Waals surface area contributed by atoms with Crippen LogP contribution in [0.5, 0.6) is 0 Å². The zero-order valence-corrected chi connectivity index (χ0v) is 9.73. The molecule has 0 saturated heterocycles. The first kappa shape index (κ1) is 14.2. The molecule has 1 atom stereocenters. The average Bonchev–Trinajstić information content (AvgIpc) is 2.17. The molecule has 0 aromatic carbocycles. The number of carboxylic acid groups (broad SMARTS) is 1. The molecule has 0 aromatic heterocycles. The average molecular weight is 227 g/mol. The van der Waals surface area contributed by atoms with Gasteiger partial charge in [0.2, 0.25) is 0 Å². The van der Waals surface area contributed by atoms with E-state index in [9.17, 15) is 9.59 Å². The number of aliphatic carboxylic acids is 1. The topological polar surface area (TPSA) is 93.4 Å². The maximum Gasteiger partial charge on any atom is 0.325 e. The molecule has 0 aliphatic rings. The molecule has 0 bridgehead atoms. The van der Waals surface area contributed by atoms with E-state index < -0.39 is 18.0 Å². The number of nitriles is 1. The van der Waals surface area contributed by atoms with Gasteiger partial charge in [-0.25, -0.2) is 4.79 Å². The van der Waals surface area contributed by atoms with Crippen molar-refractivity contribution in [3.8, 4) is 6.07 Å². The van der Waals surface area contributed by atoms with Crippen LogP contribution >= 0.6 is 0 Å². The van der Waals surface area contributed by atoms with Gasteiger partial charge in [0.1, 0.15) is 6.04 Å². The minimum Gasteiger partial charge on any atom is -0.480 e. The molecule has 0 rings (SSSR count). The van der Waals surface area contributed by atoms with Crippen molar-refractivity contribution in [2.75, 3.05) is 6.54 Å². The lowest BCUT2D eigenvalue weighted by Gasteiger charge is -2.26. The summed E-state index contributed by atoms with van der Waals surface area (Å²) < 4.78 is 0.